The van der Waals surface area contributed by atoms with Crippen LogP contribution in [0.1, 0.15) is 22.3 Å². The fourth-order valence-electron chi connectivity index (χ4n) is 2.01. The molecule has 0 bridgehead atoms. The van der Waals surface area contributed by atoms with E-state index in [1.807, 2.05) is 6.92 Å². The van der Waals surface area contributed by atoms with Gasteiger partial charge in [0.2, 0.25) is 5.91 Å². The molecule has 1 heterocycles. The lowest BCUT2D eigenvalue weighted by molar-refractivity contribution is -0.117. The molecule has 96 valence electrons. The Kier molecular flexibility index (Phi) is 3.64. The maximum atomic E-state index is 11.8. The standard InChI is InChI=1S/C12H11BrClNO3/c1-6-2-9(13)8(12(17)18)4-10(6)15-5-7(14)3-11(15)16/h2,4,7H,3,5H2,1H3,(H,17,18). The van der Waals surface area contributed by atoms with E-state index in [4.69, 9.17) is 16.7 Å². The van der Waals surface area contributed by atoms with Crippen LogP contribution in [0.25, 0.3) is 0 Å². The van der Waals surface area contributed by atoms with Gasteiger partial charge < -0.3 is 10.0 Å². The highest BCUT2D eigenvalue weighted by Crippen LogP contribution is 2.31. The number of aryl methyl sites for hydroxylation is 1. The number of hydrogen-bond donors (Lipinski definition) is 1. The zero-order valence-corrected chi connectivity index (χ0v) is 12.0. The molecular formula is C12H11BrClNO3. The molecule has 0 aliphatic carbocycles. The van der Waals surface area contributed by atoms with Gasteiger partial charge in [0.15, 0.2) is 0 Å². The molecule has 2 rings (SSSR count). The van der Waals surface area contributed by atoms with Crippen molar-refractivity contribution in [2.75, 3.05) is 11.4 Å². The minimum absolute atomic E-state index is 0.0724. The van der Waals surface area contributed by atoms with Gasteiger partial charge in [-0.3, -0.25) is 4.79 Å². The number of anilines is 1. The number of carbonyl (C=O) groups is 2. The molecule has 0 radical (unpaired) electrons. The number of alkyl halides is 1. The Labute approximate surface area is 118 Å². The summed E-state index contributed by atoms with van der Waals surface area (Å²) in [4.78, 5) is 24.4. The number of hydrogen-bond acceptors (Lipinski definition) is 2. The smallest absolute Gasteiger partial charge is 0.336 e. The number of carbonyl (C=O) groups excluding carboxylic acids is 1. The molecule has 0 saturated carbocycles. The fourth-order valence-corrected chi connectivity index (χ4v) is 2.91. The number of halogens is 2. The summed E-state index contributed by atoms with van der Waals surface area (Å²) in [6, 6.07) is 3.21. The van der Waals surface area contributed by atoms with Crippen molar-refractivity contribution in [3.63, 3.8) is 0 Å². The molecular weight excluding hydrogens is 321 g/mol. The van der Waals surface area contributed by atoms with Gasteiger partial charge >= 0.3 is 5.97 Å². The van der Waals surface area contributed by atoms with Crippen LogP contribution in [0, 0.1) is 6.92 Å². The Bertz CT molecular complexity index is 532. The summed E-state index contributed by atoms with van der Waals surface area (Å²) in [7, 11) is 0. The highest BCUT2D eigenvalue weighted by atomic mass is 79.9. The van der Waals surface area contributed by atoms with Crippen LogP contribution < -0.4 is 4.90 Å². The van der Waals surface area contributed by atoms with E-state index >= 15 is 0 Å². The largest absolute Gasteiger partial charge is 0.478 e. The molecule has 0 aromatic heterocycles. The van der Waals surface area contributed by atoms with Crippen LogP contribution in [0.4, 0.5) is 5.69 Å². The molecule has 4 nitrogen and oxygen atoms in total. The Morgan fingerprint density at radius 3 is 2.72 bits per heavy atom. The Balaban J connectivity index is 2.48. The van der Waals surface area contributed by atoms with E-state index in [9.17, 15) is 9.59 Å². The average Bonchev–Trinajstić information content (AvgIpc) is 2.57. The lowest BCUT2D eigenvalue weighted by atomic mass is 10.1. The van der Waals surface area contributed by atoms with Gasteiger partial charge in [-0.1, -0.05) is 0 Å². The third kappa shape index (κ3) is 2.37. The maximum absolute atomic E-state index is 11.8. The summed E-state index contributed by atoms with van der Waals surface area (Å²) in [5, 5.41) is 8.87. The zero-order valence-electron chi connectivity index (χ0n) is 9.61. The molecule has 1 aliphatic heterocycles. The first kappa shape index (κ1) is 13.4. The summed E-state index contributed by atoms with van der Waals surface area (Å²) < 4.78 is 0.505. The highest BCUT2D eigenvalue weighted by Gasteiger charge is 2.30. The van der Waals surface area contributed by atoms with Crippen molar-refractivity contribution >= 4 is 45.1 Å². The third-order valence-electron chi connectivity index (χ3n) is 2.88. The Hall–Kier alpha value is -1.07. The summed E-state index contributed by atoms with van der Waals surface area (Å²) in [5.74, 6) is -1.10. The Morgan fingerprint density at radius 1 is 1.56 bits per heavy atom. The van der Waals surface area contributed by atoms with Crippen LogP contribution in [0.5, 0.6) is 0 Å². The van der Waals surface area contributed by atoms with Gasteiger partial charge in [-0.25, -0.2) is 4.79 Å². The van der Waals surface area contributed by atoms with Gasteiger partial charge in [-0.05, 0) is 40.5 Å². The fraction of sp³-hybridized carbons (Fsp3) is 0.333. The SMILES string of the molecule is Cc1cc(Br)c(C(=O)O)cc1N1CC(Cl)CC1=O. The van der Waals surface area contributed by atoms with Crippen molar-refractivity contribution in [2.24, 2.45) is 0 Å². The summed E-state index contributed by atoms with van der Waals surface area (Å²) >= 11 is 9.16. The van der Waals surface area contributed by atoms with Gasteiger partial charge in [-0.15, -0.1) is 11.6 Å². The van der Waals surface area contributed by atoms with E-state index in [2.05, 4.69) is 15.9 Å². The van der Waals surface area contributed by atoms with Crippen molar-refractivity contribution in [2.45, 2.75) is 18.7 Å². The van der Waals surface area contributed by atoms with E-state index in [1.54, 1.807) is 11.0 Å². The molecule has 1 fully saturated rings. The lowest BCUT2D eigenvalue weighted by Crippen LogP contribution is -2.25. The van der Waals surface area contributed by atoms with Gasteiger partial charge in [0, 0.05) is 23.1 Å². The third-order valence-corrected chi connectivity index (χ3v) is 3.83. The Morgan fingerprint density at radius 2 is 2.22 bits per heavy atom. The molecule has 1 saturated heterocycles. The molecule has 1 aliphatic rings. The van der Waals surface area contributed by atoms with Crippen LogP contribution in [0.15, 0.2) is 16.6 Å². The van der Waals surface area contributed by atoms with Gasteiger partial charge in [-0.2, -0.15) is 0 Å². The minimum Gasteiger partial charge on any atom is -0.478 e. The average molecular weight is 333 g/mol. The van der Waals surface area contributed by atoms with E-state index in [-0.39, 0.29) is 16.8 Å². The highest BCUT2D eigenvalue weighted by molar-refractivity contribution is 9.10. The topological polar surface area (TPSA) is 57.6 Å². The zero-order chi connectivity index (χ0) is 13.4. The van der Waals surface area contributed by atoms with Crippen molar-refractivity contribution in [3.8, 4) is 0 Å². The van der Waals surface area contributed by atoms with Gasteiger partial charge in [0.25, 0.3) is 0 Å². The van der Waals surface area contributed by atoms with Crippen LogP contribution in [0.3, 0.4) is 0 Å². The molecule has 1 N–H and O–H groups in total. The molecule has 1 aromatic carbocycles. The van der Waals surface area contributed by atoms with Crippen molar-refractivity contribution in [1.82, 2.24) is 0 Å². The number of amides is 1. The van der Waals surface area contributed by atoms with Gasteiger partial charge in [0.05, 0.1) is 10.9 Å². The van der Waals surface area contributed by atoms with Crippen LogP contribution in [-0.2, 0) is 4.79 Å². The van der Waals surface area contributed by atoms with Crippen molar-refractivity contribution in [1.29, 1.82) is 0 Å². The second-order valence-electron chi connectivity index (χ2n) is 4.23. The monoisotopic (exact) mass is 331 g/mol. The lowest BCUT2D eigenvalue weighted by Gasteiger charge is -2.19. The quantitative estimate of drug-likeness (QED) is 0.847. The van der Waals surface area contributed by atoms with Gasteiger partial charge in [0.1, 0.15) is 0 Å². The first-order chi connectivity index (χ1) is 8.40. The molecule has 1 unspecified atom stereocenters. The summed E-state index contributed by atoms with van der Waals surface area (Å²) in [6.45, 7) is 2.25. The molecule has 1 amide bonds. The second-order valence-corrected chi connectivity index (χ2v) is 5.70. The molecule has 18 heavy (non-hydrogen) atoms. The maximum Gasteiger partial charge on any atom is 0.336 e. The molecule has 1 atom stereocenters. The van der Waals surface area contributed by atoms with Crippen molar-refractivity contribution in [3.05, 3.63) is 27.7 Å². The predicted molar refractivity (Wildman–Crippen MR) is 72.4 cm³/mol. The van der Waals surface area contributed by atoms with Crippen molar-refractivity contribution < 1.29 is 14.7 Å². The van der Waals surface area contributed by atoms with Crippen LogP contribution >= 0.6 is 27.5 Å². The number of rotatable bonds is 2. The van der Waals surface area contributed by atoms with Crippen LogP contribution in [0.2, 0.25) is 0 Å². The van der Waals surface area contributed by atoms with Crippen LogP contribution in [-0.4, -0.2) is 28.9 Å². The normalized spacial score (nSPS) is 19.4. The number of benzene rings is 1. The number of carboxylic acids is 1. The van der Waals surface area contributed by atoms with E-state index < -0.39 is 5.97 Å². The minimum atomic E-state index is -1.03. The summed E-state index contributed by atoms with van der Waals surface area (Å²) in [5.41, 5.74) is 1.59. The number of nitrogens with zero attached hydrogens (tertiary/aromatic N) is 1. The predicted octanol–water partition coefficient (Wildman–Crippen LogP) is 2.80. The van der Waals surface area contributed by atoms with E-state index in [0.29, 0.717) is 23.1 Å². The molecule has 6 heteroatoms. The molecule has 0 spiro atoms. The summed E-state index contributed by atoms with van der Waals surface area (Å²) in [6.07, 6.45) is 0.291. The number of aromatic carboxylic acids is 1. The first-order valence-electron chi connectivity index (χ1n) is 5.38. The first-order valence-corrected chi connectivity index (χ1v) is 6.61. The molecule has 1 aromatic rings. The van der Waals surface area contributed by atoms with E-state index in [1.165, 1.54) is 6.07 Å². The number of carboxylic acid groups (broad SMARTS) is 1. The second kappa shape index (κ2) is 4.90. The van der Waals surface area contributed by atoms with E-state index in [0.717, 1.165) is 5.56 Å².